The van der Waals surface area contributed by atoms with Gasteiger partial charge in [-0.15, -0.1) is 13.2 Å². The monoisotopic (exact) mass is 464 g/mol. The Hall–Kier alpha value is -3.27. The van der Waals surface area contributed by atoms with Gasteiger partial charge in [0.25, 0.3) is 0 Å². The molecule has 33 heavy (non-hydrogen) atoms. The Morgan fingerprint density at radius 1 is 1.06 bits per heavy atom. The number of nitrogens with two attached hydrogens (primary N) is 1. The summed E-state index contributed by atoms with van der Waals surface area (Å²) in [4.78, 5) is 28.3. The molecule has 1 atom stereocenters. The number of carbonyl (C=O) groups is 2. The molecule has 1 aliphatic rings. The highest BCUT2D eigenvalue weighted by Gasteiger charge is 2.31. The first-order valence-electron chi connectivity index (χ1n) is 10.6. The van der Waals surface area contributed by atoms with Crippen LogP contribution in [0.5, 0.6) is 5.75 Å². The van der Waals surface area contributed by atoms with Gasteiger partial charge in [-0.2, -0.15) is 0 Å². The highest BCUT2D eigenvalue weighted by atomic mass is 19.4. The average Bonchev–Trinajstić information content (AvgIpc) is 2.74. The number of nitrogens with zero attached hydrogens (tertiary/aromatic N) is 2. The molecule has 0 aromatic heterocycles. The largest absolute Gasteiger partial charge is 0.573 e. The molecule has 0 spiro atoms. The Kier molecular flexibility index (Phi) is 7.80. The molecule has 3 rings (SSSR count). The third kappa shape index (κ3) is 7.38. The Bertz CT molecular complexity index is 958. The van der Waals surface area contributed by atoms with E-state index in [1.54, 1.807) is 17.0 Å². The fraction of sp³-hybridized carbons (Fsp3) is 0.391. The zero-order valence-corrected chi connectivity index (χ0v) is 18.3. The molecule has 0 saturated carbocycles. The number of rotatable bonds is 7. The van der Waals surface area contributed by atoms with Gasteiger partial charge in [-0.1, -0.05) is 36.4 Å². The van der Waals surface area contributed by atoms with E-state index in [1.165, 1.54) is 12.1 Å². The number of carbonyl (C=O) groups excluding carboxylic acids is 2. The molecule has 178 valence electrons. The summed E-state index contributed by atoms with van der Waals surface area (Å²) in [7, 11) is 0. The van der Waals surface area contributed by atoms with Crippen LogP contribution in [0.1, 0.15) is 29.2 Å². The van der Waals surface area contributed by atoms with Crippen LogP contribution in [0, 0.1) is 6.92 Å². The standard InChI is InChI=1S/C23H27F3N4O3/c1-16-4-2-3-5-19(16)20(28-22(27)32)14-21(31)30-12-10-29(11-13-30)15-17-6-8-18(9-7-17)33-23(24,25)26/h2-9,20H,10-15H2,1H3,(H3,27,28,32). The number of urea groups is 1. The molecule has 10 heteroatoms. The van der Waals surface area contributed by atoms with Gasteiger partial charge in [0, 0.05) is 32.7 Å². The molecule has 1 aliphatic heterocycles. The fourth-order valence-corrected chi connectivity index (χ4v) is 3.90. The first-order chi connectivity index (χ1) is 15.6. The van der Waals surface area contributed by atoms with E-state index in [9.17, 15) is 22.8 Å². The van der Waals surface area contributed by atoms with Crippen LogP contribution in [0.3, 0.4) is 0 Å². The van der Waals surface area contributed by atoms with Gasteiger partial charge in [-0.05, 0) is 35.7 Å². The summed E-state index contributed by atoms with van der Waals surface area (Å²) in [6.07, 6.45) is -4.61. The molecule has 1 saturated heterocycles. The zero-order chi connectivity index (χ0) is 24.0. The molecule has 0 bridgehead atoms. The van der Waals surface area contributed by atoms with Gasteiger partial charge in [0.2, 0.25) is 5.91 Å². The maximum Gasteiger partial charge on any atom is 0.573 e. The molecule has 2 aromatic carbocycles. The van der Waals surface area contributed by atoms with Crippen molar-refractivity contribution in [2.45, 2.75) is 32.3 Å². The number of ether oxygens (including phenoxy) is 1. The molecule has 0 radical (unpaired) electrons. The average molecular weight is 464 g/mol. The van der Waals surface area contributed by atoms with Crippen molar-refractivity contribution in [3.05, 3.63) is 65.2 Å². The van der Waals surface area contributed by atoms with Gasteiger partial charge in [0.1, 0.15) is 5.75 Å². The molecule has 7 nitrogen and oxygen atoms in total. The highest BCUT2D eigenvalue weighted by molar-refractivity contribution is 5.79. The number of piperazine rings is 1. The van der Waals surface area contributed by atoms with Gasteiger partial charge in [0.05, 0.1) is 12.5 Å². The van der Waals surface area contributed by atoms with E-state index in [0.29, 0.717) is 32.7 Å². The quantitative estimate of drug-likeness (QED) is 0.658. The van der Waals surface area contributed by atoms with Crippen LogP contribution < -0.4 is 15.8 Å². The van der Waals surface area contributed by atoms with Crippen LogP contribution in [-0.2, 0) is 11.3 Å². The number of primary amides is 1. The smallest absolute Gasteiger partial charge is 0.406 e. The summed E-state index contributed by atoms with van der Waals surface area (Å²) in [5.41, 5.74) is 7.98. The lowest BCUT2D eigenvalue weighted by Gasteiger charge is -2.35. The molecule has 1 fully saturated rings. The minimum atomic E-state index is -4.71. The second-order valence-electron chi connectivity index (χ2n) is 7.97. The number of nitrogens with one attached hydrogen (secondary N) is 1. The van der Waals surface area contributed by atoms with Crippen LogP contribution in [0.15, 0.2) is 48.5 Å². The summed E-state index contributed by atoms with van der Waals surface area (Å²) in [5.74, 6) is -0.334. The van der Waals surface area contributed by atoms with E-state index in [4.69, 9.17) is 5.73 Å². The van der Waals surface area contributed by atoms with Gasteiger partial charge in [0.15, 0.2) is 0 Å². The maximum atomic E-state index is 12.9. The van der Waals surface area contributed by atoms with Crippen molar-refractivity contribution in [3.63, 3.8) is 0 Å². The minimum absolute atomic E-state index is 0.0784. The Balaban J connectivity index is 1.52. The Morgan fingerprint density at radius 3 is 2.27 bits per heavy atom. The summed E-state index contributed by atoms with van der Waals surface area (Å²) in [6, 6.07) is 12.1. The van der Waals surface area contributed by atoms with Gasteiger partial charge in [-0.3, -0.25) is 9.69 Å². The molecular weight excluding hydrogens is 437 g/mol. The lowest BCUT2D eigenvalue weighted by molar-refractivity contribution is -0.274. The second kappa shape index (κ2) is 10.6. The van der Waals surface area contributed by atoms with E-state index in [1.807, 2.05) is 31.2 Å². The first kappa shape index (κ1) is 24.4. The molecule has 1 heterocycles. The van der Waals surface area contributed by atoms with Crippen molar-refractivity contribution in [2.24, 2.45) is 5.73 Å². The minimum Gasteiger partial charge on any atom is -0.406 e. The van der Waals surface area contributed by atoms with Crippen molar-refractivity contribution in [2.75, 3.05) is 26.2 Å². The number of halogens is 3. The lowest BCUT2D eigenvalue weighted by Crippen LogP contribution is -2.49. The summed E-state index contributed by atoms with van der Waals surface area (Å²) < 4.78 is 40.7. The third-order valence-corrected chi connectivity index (χ3v) is 5.55. The fourth-order valence-electron chi connectivity index (χ4n) is 3.90. The van der Waals surface area contributed by atoms with Crippen molar-refractivity contribution < 1.29 is 27.5 Å². The van der Waals surface area contributed by atoms with E-state index in [0.717, 1.165) is 16.7 Å². The predicted molar refractivity (Wildman–Crippen MR) is 116 cm³/mol. The first-order valence-corrected chi connectivity index (χ1v) is 10.6. The van der Waals surface area contributed by atoms with E-state index < -0.39 is 18.4 Å². The van der Waals surface area contributed by atoms with E-state index >= 15 is 0 Å². The molecule has 2 aromatic rings. The van der Waals surface area contributed by atoms with Crippen LogP contribution >= 0.6 is 0 Å². The highest BCUT2D eigenvalue weighted by Crippen LogP contribution is 2.24. The number of hydrogen-bond acceptors (Lipinski definition) is 4. The SMILES string of the molecule is Cc1ccccc1C(CC(=O)N1CCN(Cc2ccc(OC(F)(F)F)cc2)CC1)NC(N)=O. The number of benzene rings is 2. The molecule has 3 N–H and O–H groups in total. The third-order valence-electron chi connectivity index (χ3n) is 5.55. The number of amides is 3. The molecular formula is C23H27F3N4O3. The van der Waals surface area contributed by atoms with Gasteiger partial charge >= 0.3 is 12.4 Å². The Morgan fingerprint density at radius 2 is 1.70 bits per heavy atom. The van der Waals surface area contributed by atoms with Gasteiger partial charge < -0.3 is 20.7 Å². The number of hydrogen-bond donors (Lipinski definition) is 2. The van der Waals surface area contributed by atoms with Crippen LogP contribution in [0.25, 0.3) is 0 Å². The molecule has 1 unspecified atom stereocenters. The summed E-state index contributed by atoms with van der Waals surface area (Å²) in [5, 5.41) is 2.67. The maximum absolute atomic E-state index is 12.9. The van der Waals surface area contributed by atoms with E-state index in [2.05, 4.69) is 15.0 Å². The number of alkyl halides is 3. The van der Waals surface area contributed by atoms with Crippen LogP contribution in [-0.4, -0.2) is 54.3 Å². The zero-order valence-electron chi connectivity index (χ0n) is 18.3. The normalized spacial score (nSPS) is 15.7. The van der Waals surface area contributed by atoms with Gasteiger partial charge in [-0.25, -0.2) is 4.79 Å². The summed E-state index contributed by atoms with van der Waals surface area (Å²) >= 11 is 0. The second-order valence-corrected chi connectivity index (χ2v) is 7.97. The van der Waals surface area contributed by atoms with Crippen LogP contribution in [0.2, 0.25) is 0 Å². The summed E-state index contributed by atoms with van der Waals surface area (Å²) in [6.45, 7) is 4.77. The van der Waals surface area contributed by atoms with E-state index in [-0.39, 0.29) is 18.1 Å². The topological polar surface area (TPSA) is 87.9 Å². The molecule has 3 amide bonds. The number of aryl methyl sites for hydroxylation is 1. The van der Waals surface area contributed by atoms with Crippen molar-refractivity contribution in [3.8, 4) is 5.75 Å². The van der Waals surface area contributed by atoms with Crippen molar-refractivity contribution in [1.29, 1.82) is 0 Å². The predicted octanol–water partition coefficient (Wildman–Crippen LogP) is 3.34. The van der Waals surface area contributed by atoms with Crippen molar-refractivity contribution in [1.82, 2.24) is 15.1 Å². The van der Waals surface area contributed by atoms with Crippen LogP contribution in [0.4, 0.5) is 18.0 Å². The van der Waals surface area contributed by atoms with Crippen molar-refractivity contribution >= 4 is 11.9 Å². The lowest BCUT2D eigenvalue weighted by atomic mass is 9.98. The molecule has 0 aliphatic carbocycles. The Labute approximate surface area is 190 Å².